The highest BCUT2D eigenvalue weighted by Crippen LogP contribution is 2.49. The molecule has 1 atom stereocenters. The second kappa shape index (κ2) is 4.99. The van der Waals surface area contributed by atoms with E-state index in [0.717, 1.165) is 36.8 Å². The first-order chi connectivity index (χ1) is 9.12. The molecule has 1 aromatic rings. The standard InChI is InChI=1S/C16H22ClNO/c1-3-18-14(16(2)5-6-16)10-12-9-13(17)8-11-4-7-19-15(11)12/h8-9,14,18H,3-7,10H2,1-2H3. The lowest BCUT2D eigenvalue weighted by atomic mass is 9.91. The topological polar surface area (TPSA) is 21.3 Å². The molecule has 1 unspecified atom stereocenters. The van der Waals surface area contributed by atoms with Gasteiger partial charge in [-0.1, -0.05) is 25.4 Å². The maximum absolute atomic E-state index is 6.24. The van der Waals surface area contributed by atoms with Gasteiger partial charge in [0.2, 0.25) is 0 Å². The fourth-order valence-corrected chi connectivity index (χ4v) is 3.34. The number of halogens is 1. The van der Waals surface area contributed by atoms with Crippen LogP contribution in [-0.2, 0) is 12.8 Å². The van der Waals surface area contributed by atoms with Gasteiger partial charge in [-0.25, -0.2) is 0 Å². The minimum absolute atomic E-state index is 0.462. The molecule has 1 saturated carbocycles. The van der Waals surface area contributed by atoms with E-state index in [0.29, 0.717) is 11.5 Å². The Labute approximate surface area is 120 Å². The summed E-state index contributed by atoms with van der Waals surface area (Å²) in [5.74, 6) is 1.09. The maximum atomic E-state index is 6.24. The Kier molecular flexibility index (Phi) is 3.48. The number of rotatable bonds is 5. The third-order valence-electron chi connectivity index (χ3n) is 4.58. The summed E-state index contributed by atoms with van der Waals surface area (Å²) in [6.07, 6.45) is 4.67. The molecule has 1 fully saturated rings. The lowest BCUT2D eigenvalue weighted by Gasteiger charge is -2.25. The van der Waals surface area contributed by atoms with Crippen LogP contribution in [0.4, 0.5) is 0 Å². The van der Waals surface area contributed by atoms with Crippen LogP contribution < -0.4 is 10.1 Å². The van der Waals surface area contributed by atoms with Gasteiger partial charge in [-0.05, 0) is 54.5 Å². The summed E-state index contributed by atoms with van der Waals surface area (Å²) >= 11 is 6.24. The smallest absolute Gasteiger partial charge is 0.125 e. The second-order valence-corrected chi connectivity index (χ2v) is 6.56. The molecule has 0 spiro atoms. The first kappa shape index (κ1) is 13.3. The summed E-state index contributed by atoms with van der Waals surface area (Å²) in [6, 6.07) is 4.67. The van der Waals surface area contributed by atoms with E-state index in [1.807, 2.05) is 0 Å². The molecule has 3 heteroatoms. The van der Waals surface area contributed by atoms with E-state index in [2.05, 4.69) is 31.3 Å². The van der Waals surface area contributed by atoms with Crippen LogP contribution in [0.15, 0.2) is 12.1 Å². The Balaban J connectivity index is 1.86. The van der Waals surface area contributed by atoms with Gasteiger partial charge in [0.1, 0.15) is 5.75 Å². The molecule has 1 aliphatic heterocycles. The van der Waals surface area contributed by atoms with Crippen LogP contribution in [0, 0.1) is 5.41 Å². The highest BCUT2D eigenvalue weighted by atomic mass is 35.5. The second-order valence-electron chi connectivity index (χ2n) is 6.12. The van der Waals surface area contributed by atoms with Crippen LogP contribution in [0.1, 0.15) is 37.8 Å². The summed E-state index contributed by atoms with van der Waals surface area (Å²) in [5, 5.41) is 4.49. The van der Waals surface area contributed by atoms with E-state index in [4.69, 9.17) is 16.3 Å². The van der Waals surface area contributed by atoms with Gasteiger partial charge in [-0.3, -0.25) is 0 Å². The number of likely N-dealkylation sites (N-methyl/N-ethyl adjacent to an activating group) is 1. The molecule has 2 aliphatic rings. The van der Waals surface area contributed by atoms with Crippen molar-refractivity contribution in [2.75, 3.05) is 13.2 Å². The summed E-state index contributed by atoms with van der Waals surface area (Å²) < 4.78 is 5.81. The summed E-state index contributed by atoms with van der Waals surface area (Å²) in [7, 11) is 0. The van der Waals surface area contributed by atoms with Gasteiger partial charge >= 0.3 is 0 Å². The largest absolute Gasteiger partial charge is 0.493 e. The van der Waals surface area contributed by atoms with Crippen molar-refractivity contribution in [2.45, 2.75) is 45.6 Å². The van der Waals surface area contributed by atoms with Crippen LogP contribution in [0.3, 0.4) is 0 Å². The molecule has 0 radical (unpaired) electrons. The molecule has 1 heterocycles. The fraction of sp³-hybridized carbons (Fsp3) is 0.625. The summed E-state index contributed by atoms with van der Waals surface area (Å²) in [6.45, 7) is 6.37. The van der Waals surface area contributed by atoms with Gasteiger partial charge in [0.25, 0.3) is 0 Å². The van der Waals surface area contributed by atoms with Gasteiger partial charge in [0, 0.05) is 17.5 Å². The van der Waals surface area contributed by atoms with E-state index in [1.165, 1.54) is 24.0 Å². The predicted octanol–water partition coefficient (Wildman–Crippen LogP) is 3.60. The highest BCUT2D eigenvalue weighted by molar-refractivity contribution is 6.30. The quantitative estimate of drug-likeness (QED) is 0.889. The predicted molar refractivity (Wildman–Crippen MR) is 79.2 cm³/mol. The minimum Gasteiger partial charge on any atom is -0.493 e. The van der Waals surface area contributed by atoms with Gasteiger partial charge in [0.15, 0.2) is 0 Å². The molecule has 2 nitrogen and oxygen atoms in total. The molecule has 19 heavy (non-hydrogen) atoms. The number of hydrogen-bond donors (Lipinski definition) is 1. The van der Waals surface area contributed by atoms with Crippen LogP contribution in [0.5, 0.6) is 5.75 Å². The zero-order chi connectivity index (χ0) is 13.5. The molecular weight excluding hydrogens is 258 g/mol. The van der Waals surface area contributed by atoms with Gasteiger partial charge < -0.3 is 10.1 Å². The van der Waals surface area contributed by atoms with E-state index < -0.39 is 0 Å². The van der Waals surface area contributed by atoms with Crippen molar-refractivity contribution in [3.8, 4) is 5.75 Å². The Morgan fingerprint density at radius 1 is 1.42 bits per heavy atom. The van der Waals surface area contributed by atoms with Crippen molar-refractivity contribution in [2.24, 2.45) is 5.41 Å². The molecular formula is C16H22ClNO. The molecule has 1 N–H and O–H groups in total. The normalized spacial score (nSPS) is 20.8. The highest BCUT2D eigenvalue weighted by Gasteiger charge is 2.44. The molecule has 104 valence electrons. The third kappa shape index (κ3) is 2.61. The van der Waals surface area contributed by atoms with E-state index >= 15 is 0 Å². The Morgan fingerprint density at radius 2 is 2.21 bits per heavy atom. The lowest BCUT2D eigenvalue weighted by Crippen LogP contribution is -2.38. The van der Waals surface area contributed by atoms with Crippen molar-refractivity contribution >= 4 is 11.6 Å². The number of nitrogens with one attached hydrogen (secondary N) is 1. The van der Waals surface area contributed by atoms with Crippen LogP contribution in [0.25, 0.3) is 0 Å². The maximum Gasteiger partial charge on any atom is 0.125 e. The lowest BCUT2D eigenvalue weighted by molar-refractivity contribution is 0.336. The summed E-state index contributed by atoms with van der Waals surface area (Å²) in [4.78, 5) is 0. The Morgan fingerprint density at radius 3 is 2.89 bits per heavy atom. The van der Waals surface area contributed by atoms with Crippen molar-refractivity contribution in [1.29, 1.82) is 0 Å². The van der Waals surface area contributed by atoms with Gasteiger partial charge in [0.05, 0.1) is 6.61 Å². The molecule has 0 bridgehead atoms. The van der Waals surface area contributed by atoms with Crippen LogP contribution in [0.2, 0.25) is 5.02 Å². The van der Waals surface area contributed by atoms with E-state index in [1.54, 1.807) is 0 Å². The van der Waals surface area contributed by atoms with Crippen molar-refractivity contribution in [1.82, 2.24) is 5.32 Å². The molecule has 0 saturated heterocycles. The average molecular weight is 280 g/mol. The average Bonchev–Trinajstić information content (AvgIpc) is 2.94. The van der Waals surface area contributed by atoms with E-state index in [-0.39, 0.29) is 0 Å². The third-order valence-corrected chi connectivity index (χ3v) is 4.80. The van der Waals surface area contributed by atoms with Crippen LogP contribution >= 0.6 is 11.6 Å². The SMILES string of the molecule is CCNC(Cc1cc(Cl)cc2c1OCC2)C1(C)CC1. The zero-order valence-electron chi connectivity index (χ0n) is 11.8. The number of fused-ring (bicyclic) bond motifs is 1. The first-order valence-electron chi connectivity index (χ1n) is 7.30. The van der Waals surface area contributed by atoms with Crippen molar-refractivity contribution < 1.29 is 4.74 Å². The van der Waals surface area contributed by atoms with Gasteiger partial charge in [-0.15, -0.1) is 0 Å². The van der Waals surface area contributed by atoms with Crippen molar-refractivity contribution in [3.63, 3.8) is 0 Å². The summed E-state index contributed by atoms with van der Waals surface area (Å²) in [5.41, 5.74) is 3.02. The molecule has 0 aromatic heterocycles. The number of ether oxygens (including phenoxy) is 1. The Hall–Kier alpha value is -0.730. The monoisotopic (exact) mass is 279 g/mol. The fourth-order valence-electron chi connectivity index (χ4n) is 3.07. The molecule has 1 aromatic carbocycles. The first-order valence-corrected chi connectivity index (χ1v) is 7.67. The number of hydrogen-bond acceptors (Lipinski definition) is 2. The van der Waals surface area contributed by atoms with Crippen molar-refractivity contribution in [3.05, 3.63) is 28.3 Å². The molecule has 0 amide bonds. The van der Waals surface area contributed by atoms with Gasteiger partial charge in [-0.2, -0.15) is 0 Å². The van der Waals surface area contributed by atoms with E-state index in [9.17, 15) is 0 Å². The molecule has 3 rings (SSSR count). The minimum atomic E-state index is 0.462. The van der Waals surface area contributed by atoms with Crippen LogP contribution in [-0.4, -0.2) is 19.2 Å². The Bertz CT molecular complexity index is 482. The number of benzene rings is 1. The molecule has 1 aliphatic carbocycles. The zero-order valence-corrected chi connectivity index (χ0v) is 12.5.